The molecule has 1 nitrogen and oxygen atoms in total. The fraction of sp³-hybridized carbons (Fsp3) is 0.900. The molecule has 0 heterocycles. The van der Waals surface area contributed by atoms with Gasteiger partial charge in [0.1, 0.15) is 5.78 Å². The van der Waals surface area contributed by atoms with Crippen molar-refractivity contribution in [3.05, 3.63) is 0 Å². The van der Waals surface area contributed by atoms with Gasteiger partial charge in [0, 0.05) is 12.8 Å². The van der Waals surface area contributed by atoms with Crippen LogP contribution in [0.15, 0.2) is 0 Å². The van der Waals surface area contributed by atoms with Crippen LogP contribution in [0.4, 0.5) is 0 Å². The van der Waals surface area contributed by atoms with Gasteiger partial charge in [-0.25, -0.2) is 0 Å². The molecule has 2 unspecified atom stereocenters. The lowest BCUT2D eigenvalue weighted by Gasteiger charge is -2.35. The van der Waals surface area contributed by atoms with Crippen molar-refractivity contribution < 1.29 is 4.79 Å². The van der Waals surface area contributed by atoms with Gasteiger partial charge in [0.25, 0.3) is 0 Å². The lowest BCUT2D eigenvalue weighted by atomic mass is 9.70. The quantitative estimate of drug-likeness (QED) is 0.521. The summed E-state index contributed by atoms with van der Waals surface area (Å²) in [6, 6.07) is 0. The summed E-state index contributed by atoms with van der Waals surface area (Å²) in [4.78, 5) is 11.2. The Balaban J connectivity index is 2.17. The van der Waals surface area contributed by atoms with Gasteiger partial charge >= 0.3 is 0 Å². The molecule has 0 N–H and O–H groups in total. The highest BCUT2D eigenvalue weighted by atomic mass is 16.1. The molecule has 0 bridgehead atoms. The van der Waals surface area contributed by atoms with E-state index >= 15 is 0 Å². The van der Waals surface area contributed by atoms with Crippen LogP contribution >= 0.6 is 0 Å². The summed E-state index contributed by atoms with van der Waals surface area (Å²) in [5.41, 5.74) is 0.412. The molecule has 0 amide bonds. The number of Topliss-reactive ketones (excluding diaryl/α,β-unsaturated/α-hetero) is 1. The first kappa shape index (κ1) is 7.33. The van der Waals surface area contributed by atoms with E-state index in [1.807, 2.05) is 0 Å². The molecular formula is C10H16O. The van der Waals surface area contributed by atoms with Gasteiger partial charge in [-0.05, 0) is 24.2 Å². The molecule has 2 saturated carbocycles. The van der Waals surface area contributed by atoms with Crippen LogP contribution in [0, 0.1) is 11.3 Å². The van der Waals surface area contributed by atoms with Gasteiger partial charge < -0.3 is 0 Å². The van der Waals surface area contributed by atoms with Crippen molar-refractivity contribution in [2.75, 3.05) is 0 Å². The second-order valence-electron chi connectivity index (χ2n) is 4.52. The van der Waals surface area contributed by atoms with Crippen molar-refractivity contribution >= 4 is 5.78 Å². The van der Waals surface area contributed by atoms with Crippen molar-refractivity contribution in [2.45, 2.75) is 45.4 Å². The van der Waals surface area contributed by atoms with E-state index in [0.717, 1.165) is 18.8 Å². The number of hydrogen-bond donors (Lipinski definition) is 0. The van der Waals surface area contributed by atoms with E-state index in [9.17, 15) is 4.79 Å². The number of hydrogen-bond acceptors (Lipinski definition) is 1. The molecule has 0 aromatic rings. The Labute approximate surface area is 68.2 Å². The molecule has 2 aliphatic rings. The largest absolute Gasteiger partial charge is 0.300 e. The second kappa shape index (κ2) is 2.33. The topological polar surface area (TPSA) is 17.1 Å². The minimum absolute atomic E-state index is 0.412. The summed E-state index contributed by atoms with van der Waals surface area (Å²) < 4.78 is 0. The van der Waals surface area contributed by atoms with Crippen LogP contribution in [-0.2, 0) is 4.79 Å². The van der Waals surface area contributed by atoms with E-state index in [1.54, 1.807) is 0 Å². The molecule has 2 fully saturated rings. The third kappa shape index (κ3) is 1.11. The molecule has 0 saturated heterocycles. The zero-order valence-electron chi connectivity index (χ0n) is 7.23. The molecule has 0 aromatic carbocycles. The Bertz CT molecular complexity index is 185. The predicted molar refractivity (Wildman–Crippen MR) is 44.3 cm³/mol. The van der Waals surface area contributed by atoms with Crippen molar-refractivity contribution in [3.63, 3.8) is 0 Å². The van der Waals surface area contributed by atoms with Crippen LogP contribution in [-0.4, -0.2) is 5.78 Å². The normalized spacial score (nSPS) is 44.1. The van der Waals surface area contributed by atoms with E-state index < -0.39 is 0 Å². The first-order chi connectivity index (χ1) is 5.21. The van der Waals surface area contributed by atoms with Crippen molar-refractivity contribution in [3.8, 4) is 0 Å². The van der Waals surface area contributed by atoms with E-state index in [1.165, 1.54) is 25.7 Å². The van der Waals surface area contributed by atoms with Crippen molar-refractivity contribution in [1.82, 2.24) is 0 Å². The molecular weight excluding hydrogens is 136 g/mol. The lowest BCUT2D eigenvalue weighted by molar-refractivity contribution is -0.118. The van der Waals surface area contributed by atoms with Crippen LogP contribution in [0.2, 0.25) is 0 Å². The maximum absolute atomic E-state index is 11.2. The van der Waals surface area contributed by atoms with Crippen molar-refractivity contribution in [2.24, 2.45) is 11.3 Å². The highest BCUT2D eigenvalue weighted by molar-refractivity contribution is 5.82. The summed E-state index contributed by atoms with van der Waals surface area (Å²) >= 11 is 0. The monoisotopic (exact) mass is 152 g/mol. The predicted octanol–water partition coefficient (Wildman–Crippen LogP) is 2.55. The molecule has 0 spiro atoms. The standard InChI is InChI=1S/C10H16O/c1-10-5-3-2-4-8(10)6-9(11)7-10/h8H,2-7H2,1H3. The molecule has 11 heavy (non-hydrogen) atoms. The fourth-order valence-corrected chi connectivity index (χ4v) is 2.85. The van der Waals surface area contributed by atoms with Crippen molar-refractivity contribution in [1.29, 1.82) is 0 Å². The average Bonchev–Trinajstić information content (AvgIpc) is 2.22. The summed E-state index contributed by atoms with van der Waals surface area (Å²) in [6.45, 7) is 2.31. The van der Waals surface area contributed by atoms with E-state index in [-0.39, 0.29) is 0 Å². The van der Waals surface area contributed by atoms with Gasteiger partial charge in [0.05, 0.1) is 0 Å². The molecule has 0 aliphatic heterocycles. The van der Waals surface area contributed by atoms with E-state index in [4.69, 9.17) is 0 Å². The number of carbonyl (C=O) groups is 1. The Morgan fingerprint density at radius 2 is 2.27 bits per heavy atom. The Kier molecular flexibility index (Phi) is 1.55. The smallest absolute Gasteiger partial charge is 0.133 e. The van der Waals surface area contributed by atoms with Gasteiger partial charge in [-0.1, -0.05) is 19.8 Å². The van der Waals surface area contributed by atoms with Gasteiger partial charge in [-0.3, -0.25) is 4.79 Å². The maximum atomic E-state index is 11.2. The fourth-order valence-electron chi connectivity index (χ4n) is 2.85. The Morgan fingerprint density at radius 1 is 1.45 bits per heavy atom. The maximum Gasteiger partial charge on any atom is 0.133 e. The minimum Gasteiger partial charge on any atom is -0.300 e. The molecule has 0 radical (unpaired) electrons. The van der Waals surface area contributed by atoms with Gasteiger partial charge in [-0.2, -0.15) is 0 Å². The van der Waals surface area contributed by atoms with E-state index in [0.29, 0.717) is 11.2 Å². The molecule has 0 aromatic heterocycles. The summed E-state index contributed by atoms with van der Waals surface area (Å²) in [5, 5.41) is 0. The van der Waals surface area contributed by atoms with Crippen LogP contribution in [0.1, 0.15) is 45.4 Å². The highest BCUT2D eigenvalue weighted by Gasteiger charge is 2.43. The van der Waals surface area contributed by atoms with Crippen LogP contribution < -0.4 is 0 Å². The van der Waals surface area contributed by atoms with Crippen LogP contribution in [0.25, 0.3) is 0 Å². The first-order valence-electron chi connectivity index (χ1n) is 4.72. The minimum atomic E-state index is 0.412. The van der Waals surface area contributed by atoms with Crippen LogP contribution in [0.5, 0.6) is 0 Å². The Morgan fingerprint density at radius 3 is 3.00 bits per heavy atom. The molecule has 62 valence electrons. The number of fused-ring (bicyclic) bond motifs is 1. The molecule has 2 rings (SSSR count). The summed E-state index contributed by atoms with van der Waals surface area (Å²) in [6.07, 6.45) is 7.06. The molecule has 2 aliphatic carbocycles. The number of rotatable bonds is 0. The zero-order valence-corrected chi connectivity index (χ0v) is 7.23. The van der Waals surface area contributed by atoms with Gasteiger partial charge in [0.2, 0.25) is 0 Å². The number of carbonyl (C=O) groups excluding carboxylic acids is 1. The average molecular weight is 152 g/mol. The van der Waals surface area contributed by atoms with Gasteiger partial charge in [0.15, 0.2) is 0 Å². The van der Waals surface area contributed by atoms with Gasteiger partial charge in [-0.15, -0.1) is 0 Å². The highest BCUT2D eigenvalue weighted by Crippen LogP contribution is 2.50. The summed E-state index contributed by atoms with van der Waals surface area (Å²) in [7, 11) is 0. The second-order valence-corrected chi connectivity index (χ2v) is 4.52. The third-order valence-electron chi connectivity index (χ3n) is 3.61. The van der Waals surface area contributed by atoms with Crippen LogP contribution in [0.3, 0.4) is 0 Å². The first-order valence-corrected chi connectivity index (χ1v) is 4.72. The molecule has 2 atom stereocenters. The third-order valence-corrected chi connectivity index (χ3v) is 3.61. The summed E-state index contributed by atoms with van der Waals surface area (Å²) in [5.74, 6) is 1.25. The lowest BCUT2D eigenvalue weighted by Crippen LogP contribution is -2.25. The SMILES string of the molecule is CC12CCCCC1CC(=O)C2. The molecule has 1 heteroatoms. The zero-order chi connectivity index (χ0) is 7.90. The van der Waals surface area contributed by atoms with E-state index in [2.05, 4.69) is 6.92 Å². The Hall–Kier alpha value is -0.330. The number of ketones is 1.